The maximum Gasteiger partial charge on any atom is 0.165 e. The summed E-state index contributed by atoms with van der Waals surface area (Å²) >= 11 is 5.98. The van der Waals surface area contributed by atoms with Gasteiger partial charge in [0, 0.05) is 29.5 Å². The van der Waals surface area contributed by atoms with Crippen molar-refractivity contribution in [3.8, 4) is 0 Å². The lowest BCUT2D eigenvalue weighted by molar-refractivity contribution is -0.0598. The van der Waals surface area contributed by atoms with Gasteiger partial charge in [0.2, 0.25) is 0 Å². The number of nitrogens with two attached hydrogens (primary N) is 2. The maximum absolute atomic E-state index is 14.8. The number of halogens is 3. The van der Waals surface area contributed by atoms with Crippen LogP contribution in [0.15, 0.2) is 36.7 Å². The van der Waals surface area contributed by atoms with Crippen molar-refractivity contribution in [1.82, 2.24) is 14.5 Å². The van der Waals surface area contributed by atoms with Crippen LogP contribution in [-0.2, 0) is 11.2 Å². The molecule has 3 aromatic heterocycles. The van der Waals surface area contributed by atoms with Crippen LogP contribution in [0, 0.1) is 17.0 Å². The third-order valence-corrected chi connectivity index (χ3v) is 7.62. The fourth-order valence-electron chi connectivity index (χ4n) is 5.50. The van der Waals surface area contributed by atoms with E-state index in [0.29, 0.717) is 35.7 Å². The highest BCUT2D eigenvalue weighted by Crippen LogP contribution is 2.49. The smallest absolute Gasteiger partial charge is 0.165 e. The van der Waals surface area contributed by atoms with Crippen molar-refractivity contribution >= 4 is 45.0 Å². The Morgan fingerprint density at radius 2 is 1.94 bits per heavy atom. The molecule has 190 valence electrons. The number of hydrogen-bond acceptors (Lipinski definition) is 7. The van der Waals surface area contributed by atoms with Crippen LogP contribution >= 0.6 is 11.6 Å². The van der Waals surface area contributed by atoms with E-state index in [1.54, 1.807) is 22.9 Å². The van der Waals surface area contributed by atoms with Gasteiger partial charge in [-0.25, -0.2) is 18.7 Å². The van der Waals surface area contributed by atoms with Crippen LogP contribution in [0.2, 0.25) is 5.02 Å². The van der Waals surface area contributed by atoms with E-state index in [4.69, 9.17) is 27.8 Å². The molecule has 3 heterocycles. The van der Waals surface area contributed by atoms with Gasteiger partial charge < -0.3 is 31.0 Å². The molecular formula is C25H26ClF2N5O3. The standard InChI is InChI=1S/C25H26ClF2N5O3/c1-36-11-25(4-2-12-6-16(27)14-8-15(26)24(30)32-18(14)7-12)9-19(21(34)22(25)35)33-5-3-13-20(33)17(28)10-31-23(13)29/h3,5-8,10,19,21-22,34-35H,2,4,9,11H2,1H3,(H2,29,31)(H2,30,32)/t19-,21+,22+,25+/m1/s1. The van der Waals surface area contributed by atoms with Gasteiger partial charge in [0.05, 0.1) is 41.0 Å². The number of fused-ring (bicyclic) bond motifs is 2. The lowest BCUT2D eigenvalue weighted by atomic mass is 9.79. The fourth-order valence-corrected chi connectivity index (χ4v) is 5.65. The number of aryl methyl sites for hydroxylation is 1. The second kappa shape index (κ2) is 9.11. The Balaban J connectivity index is 1.47. The Kier molecular flexibility index (Phi) is 6.24. The van der Waals surface area contributed by atoms with Gasteiger partial charge in [0.25, 0.3) is 0 Å². The van der Waals surface area contributed by atoms with Gasteiger partial charge in [0.15, 0.2) is 5.82 Å². The highest BCUT2D eigenvalue weighted by atomic mass is 35.5. The highest BCUT2D eigenvalue weighted by Gasteiger charge is 2.53. The lowest BCUT2D eigenvalue weighted by Crippen LogP contribution is -2.40. The molecule has 0 amide bonds. The molecule has 0 bridgehead atoms. The molecule has 0 aliphatic heterocycles. The van der Waals surface area contributed by atoms with Gasteiger partial charge in [-0.2, -0.15) is 0 Å². The number of hydrogen-bond donors (Lipinski definition) is 4. The summed E-state index contributed by atoms with van der Waals surface area (Å²) < 4.78 is 36.6. The molecule has 5 rings (SSSR count). The summed E-state index contributed by atoms with van der Waals surface area (Å²) in [6.45, 7) is 0.143. The third kappa shape index (κ3) is 3.94. The molecule has 6 N–H and O–H groups in total. The molecule has 1 fully saturated rings. The van der Waals surface area contributed by atoms with Crippen molar-refractivity contribution in [2.45, 2.75) is 37.5 Å². The number of nitrogen functional groups attached to an aromatic ring is 2. The first-order chi connectivity index (χ1) is 17.1. The van der Waals surface area contributed by atoms with E-state index in [2.05, 4.69) is 9.97 Å². The van der Waals surface area contributed by atoms with Crippen molar-refractivity contribution in [3.05, 3.63) is 58.9 Å². The van der Waals surface area contributed by atoms with E-state index in [-0.39, 0.29) is 34.2 Å². The van der Waals surface area contributed by atoms with Crippen LogP contribution in [0.1, 0.15) is 24.4 Å². The van der Waals surface area contributed by atoms with Crippen molar-refractivity contribution < 1.29 is 23.7 Å². The van der Waals surface area contributed by atoms with Crippen molar-refractivity contribution in [3.63, 3.8) is 0 Å². The van der Waals surface area contributed by atoms with Crippen molar-refractivity contribution in [2.75, 3.05) is 25.2 Å². The van der Waals surface area contributed by atoms with Crippen LogP contribution in [-0.4, -0.2) is 50.7 Å². The Morgan fingerprint density at radius 1 is 1.17 bits per heavy atom. The van der Waals surface area contributed by atoms with E-state index in [1.165, 1.54) is 19.2 Å². The van der Waals surface area contributed by atoms with Crippen LogP contribution in [0.4, 0.5) is 20.4 Å². The van der Waals surface area contributed by atoms with Gasteiger partial charge in [-0.3, -0.25) is 0 Å². The van der Waals surface area contributed by atoms with Crippen molar-refractivity contribution in [1.29, 1.82) is 0 Å². The first-order valence-electron chi connectivity index (χ1n) is 11.4. The molecule has 1 aliphatic rings. The van der Waals surface area contributed by atoms with Gasteiger partial charge in [0.1, 0.15) is 23.6 Å². The molecule has 0 spiro atoms. The average molecular weight is 518 g/mol. The number of anilines is 2. The maximum atomic E-state index is 14.8. The number of aromatic nitrogens is 3. The number of rotatable bonds is 6. The molecule has 36 heavy (non-hydrogen) atoms. The lowest BCUT2D eigenvalue weighted by Gasteiger charge is -2.32. The zero-order chi connectivity index (χ0) is 25.8. The number of aliphatic hydroxyl groups is 2. The minimum atomic E-state index is -1.19. The predicted molar refractivity (Wildman–Crippen MR) is 134 cm³/mol. The summed E-state index contributed by atoms with van der Waals surface area (Å²) in [6, 6.07) is 5.57. The number of pyridine rings is 2. The van der Waals surface area contributed by atoms with Gasteiger partial charge in [-0.15, -0.1) is 0 Å². The van der Waals surface area contributed by atoms with E-state index >= 15 is 0 Å². The molecule has 4 aromatic rings. The average Bonchev–Trinajstić information content (AvgIpc) is 3.39. The monoisotopic (exact) mass is 517 g/mol. The van der Waals surface area contributed by atoms with E-state index in [0.717, 1.165) is 6.20 Å². The Morgan fingerprint density at radius 3 is 2.69 bits per heavy atom. The zero-order valence-electron chi connectivity index (χ0n) is 19.5. The highest BCUT2D eigenvalue weighted by molar-refractivity contribution is 6.33. The van der Waals surface area contributed by atoms with Crippen LogP contribution < -0.4 is 11.5 Å². The Bertz CT molecular complexity index is 1470. The normalized spacial score (nSPS) is 24.2. The number of benzene rings is 1. The summed E-state index contributed by atoms with van der Waals surface area (Å²) in [4.78, 5) is 8.03. The largest absolute Gasteiger partial charge is 0.390 e. The summed E-state index contributed by atoms with van der Waals surface area (Å²) in [5, 5.41) is 23.1. The zero-order valence-corrected chi connectivity index (χ0v) is 20.2. The van der Waals surface area contributed by atoms with E-state index in [9.17, 15) is 19.0 Å². The second-order valence-corrected chi connectivity index (χ2v) is 9.89. The molecule has 8 nitrogen and oxygen atoms in total. The first-order valence-corrected chi connectivity index (χ1v) is 11.8. The third-order valence-electron chi connectivity index (χ3n) is 7.32. The number of methoxy groups -OCH3 is 1. The van der Waals surface area contributed by atoms with Crippen LogP contribution in [0.3, 0.4) is 0 Å². The van der Waals surface area contributed by atoms with E-state index in [1.807, 2.05) is 0 Å². The number of nitrogens with zero attached hydrogens (tertiary/aromatic N) is 3. The summed E-state index contributed by atoms with van der Waals surface area (Å²) in [7, 11) is 1.51. The Labute approximate surface area is 210 Å². The quantitative estimate of drug-likeness (QED) is 0.307. The summed E-state index contributed by atoms with van der Waals surface area (Å²) in [5.74, 6) is -0.775. The van der Waals surface area contributed by atoms with E-state index < -0.39 is 35.3 Å². The summed E-state index contributed by atoms with van der Waals surface area (Å²) in [6.07, 6.45) is 1.35. The first kappa shape index (κ1) is 24.6. The SMILES string of the molecule is COC[C@]1(CCc2cc(F)c3cc(Cl)c(N)nc3c2)C[C@@H](n2ccc3c(N)ncc(F)c32)[C@H](O)[C@@H]1O. The van der Waals surface area contributed by atoms with Crippen molar-refractivity contribution in [2.24, 2.45) is 5.41 Å². The molecule has 0 saturated heterocycles. The van der Waals surface area contributed by atoms with Gasteiger partial charge in [-0.05, 0) is 49.1 Å². The molecule has 1 saturated carbocycles. The second-order valence-electron chi connectivity index (χ2n) is 9.48. The fraction of sp³-hybridized carbons (Fsp3) is 0.360. The molecule has 4 atom stereocenters. The predicted octanol–water partition coefficient (Wildman–Crippen LogP) is 3.61. The number of ether oxygens (including phenoxy) is 1. The minimum Gasteiger partial charge on any atom is -0.390 e. The van der Waals surface area contributed by atoms with Crippen LogP contribution in [0.25, 0.3) is 21.8 Å². The van der Waals surface area contributed by atoms with Gasteiger partial charge in [-0.1, -0.05) is 11.6 Å². The Hall–Kier alpha value is -3.05. The summed E-state index contributed by atoms with van der Waals surface area (Å²) in [5.41, 5.74) is 12.1. The minimum absolute atomic E-state index is 0.107. The molecule has 0 unspecified atom stereocenters. The molecule has 1 aliphatic carbocycles. The van der Waals surface area contributed by atoms with Crippen LogP contribution in [0.5, 0.6) is 0 Å². The molecule has 0 radical (unpaired) electrons. The molecule has 1 aromatic carbocycles. The van der Waals surface area contributed by atoms with Gasteiger partial charge >= 0.3 is 0 Å². The number of aliphatic hydroxyl groups excluding tert-OH is 2. The molecular weight excluding hydrogens is 492 g/mol. The topological polar surface area (TPSA) is 132 Å². The molecule has 11 heteroatoms.